The van der Waals surface area contributed by atoms with Crippen LogP contribution in [0.15, 0.2) is 41.1 Å². The number of carbonyl (C=O) groups is 1. The van der Waals surface area contributed by atoms with Crippen LogP contribution in [-0.4, -0.2) is 59.1 Å². The Labute approximate surface area is 147 Å². The zero-order chi connectivity index (χ0) is 17.2. The molecule has 1 amide bonds. The van der Waals surface area contributed by atoms with Crippen LogP contribution in [0.3, 0.4) is 0 Å². The summed E-state index contributed by atoms with van der Waals surface area (Å²) in [5.41, 5.74) is 0.689. The molecule has 4 rings (SSSR count). The van der Waals surface area contributed by atoms with Gasteiger partial charge >= 0.3 is 0 Å². The number of rotatable bonds is 3. The first-order chi connectivity index (χ1) is 12.2. The number of aromatic nitrogens is 1. The molecule has 0 saturated carbocycles. The molecule has 132 valence electrons. The van der Waals surface area contributed by atoms with Crippen molar-refractivity contribution in [2.45, 2.75) is 32.0 Å². The minimum absolute atomic E-state index is 0.0661. The molecule has 0 radical (unpaired) electrons. The van der Waals surface area contributed by atoms with Gasteiger partial charge in [0.05, 0.1) is 25.3 Å². The molecular weight excluding hydrogens is 318 g/mol. The molecule has 0 spiro atoms. The van der Waals surface area contributed by atoms with E-state index in [2.05, 4.69) is 9.88 Å². The summed E-state index contributed by atoms with van der Waals surface area (Å²) in [6.07, 6.45) is 4.38. The third kappa shape index (κ3) is 3.45. The third-order valence-electron chi connectivity index (χ3n) is 5.03. The number of hydrogen-bond donors (Lipinski definition) is 0. The van der Waals surface area contributed by atoms with E-state index < -0.39 is 0 Å². The fraction of sp³-hybridized carbons (Fsp3) is 0.474. The van der Waals surface area contributed by atoms with E-state index in [0.717, 1.165) is 37.6 Å². The molecule has 25 heavy (non-hydrogen) atoms. The van der Waals surface area contributed by atoms with Crippen LogP contribution in [0.4, 0.5) is 0 Å². The standard InChI is InChI=1S/C19H23N3O3/c1-14-2-3-16(25-14)12-21-9-6-18-17(13-21)22(10-11-24-18)19(23)15-4-7-20-8-5-15/h2-5,7-8,17-18H,6,9-13H2,1H3/t17-,18-/m0/s1. The molecule has 2 aliphatic rings. The molecule has 2 aromatic rings. The zero-order valence-corrected chi connectivity index (χ0v) is 14.4. The van der Waals surface area contributed by atoms with Gasteiger partial charge in [0.2, 0.25) is 0 Å². The molecule has 2 fully saturated rings. The average Bonchev–Trinajstić information content (AvgIpc) is 3.06. The Bertz CT molecular complexity index is 731. The molecule has 2 aliphatic heterocycles. The number of amides is 1. The molecule has 2 aromatic heterocycles. The maximum absolute atomic E-state index is 12.9. The largest absolute Gasteiger partial charge is 0.465 e. The van der Waals surface area contributed by atoms with Gasteiger partial charge in [0.1, 0.15) is 11.5 Å². The fourth-order valence-corrected chi connectivity index (χ4v) is 3.78. The van der Waals surface area contributed by atoms with Crippen molar-refractivity contribution in [3.8, 4) is 0 Å². The van der Waals surface area contributed by atoms with Crippen molar-refractivity contribution in [1.82, 2.24) is 14.8 Å². The summed E-state index contributed by atoms with van der Waals surface area (Å²) in [7, 11) is 0. The highest BCUT2D eigenvalue weighted by Gasteiger charge is 2.39. The SMILES string of the molecule is Cc1ccc(CN2CC[C@@H]3OCCN(C(=O)c4ccncc4)[C@H]3C2)o1. The summed E-state index contributed by atoms with van der Waals surface area (Å²) in [5, 5.41) is 0. The van der Waals surface area contributed by atoms with Crippen LogP contribution in [0, 0.1) is 6.92 Å². The Morgan fingerprint density at radius 3 is 2.84 bits per heavy atom. The van der Waals surface area contributed by atoms with Crippen molar-refractivity contribution in [3.05, 3.63) is 53.7 Å². The second-order valence-electron chi connectivity index (χ2n) is 6.75. The number of aryl methyl sites for hydroxylation is 1. The quantitative estimate of drug-likeness (QED) is 0.856. The first kappa shape index (κ1) is 16.3. The predicted molar refractivity (Wildman–Crippen MR) is 92.1 cm³/mol. The highest BCUT2D eigenvalue weighted by atomic mass is 16.5. The smallest absolute Gasteiger partial charge is 0.254 e. The van der Waals surface area contributed by atoms with Crippen LogP contribution < -0.4 is 0 Å². The molecular formula is C19H23N3O3. The van der Waals surface area contributed by atoms with Crippen LogP contribution >= 0.6 is 0 Å². The van der Waals surface area contributed by atoms with Gasteiger partial charge in [0, 0.05) is 37.6 Å². The van der Waals surface area contributed by atoms with E-state index in [1.807, 2.05) is 24.0 Å². The summed E-state index contributed by atoms with van der Waals surface area (Å²) >= 11 is 0. The van der Waals surface area contributed by atoms with Gasteiger partial charge in [-0.15, -0.1) is 0 Å². The van der Waals surface area contributed by atoms with E-state index in [9.17, 15) is 4.79 Å². The zero-order valence-electron chi connectivity index (χ0n) is 14.4. The number of morpholine rings is 1. The second kappa shape index (κ2) is 6.98. The summed E-state index contributed by atoms with van der Waals surface area (Å²) in [6.45, 7) is 5.74. The highest BCUT2D eigenvalue weighted by Crippen LogP contribution is 2.26. The van der Waals surface area contributed by atoms with Crippen LogP contribution in [0.1, 0.15) is 28.3 Å². The number of ether oxygens (including phenoxy) is 1. The average molecular weight is 341 g/mol. The normalized spacial score (nSPS) is 24.1. The van der Waals surface area contributed by atoms with Gasteiger partial charge in [-0.3, -0.25) is 14.7 Å². The van der Waals surface area contributed by atoms with Crippen LogP contribution in [0.5, 0.6) is 0 Å². The minimum atomic E-state index is 0.0661. The maximum Gasteiger partial charge on any atom is 0.254 e. The van der Waals surface area contributed by atoms with E-state index in [4.69, 9.17) is 9.15 Å². The lowest BCUT2D eigenvalue weighted by Crippen LogP contribution is -2.61. The molecule has 2 saturated heterocycles. The van der Waals surface area contributed by atoms with Gasteiger partial charge in [-0.25, -0.2) is 0 Å². The molecule has 4 heterocycles. The van der Waals surface area contributed by atoms with E-state index in [1.54, 1.807) is 24.5 Å². The van der Waals surface area contributed by atoms with E-state index in [0.29, 0.717) is 18.7 Å². The molecule has 2 atom stereocenters. The van der Waals surface area contributed by atoms with Crippen molar-refractivity contribution in [1.29, 1.82) is 0 Å². The Balaban J connectivity index is 1.48. The van der Waals surface area contributed by atoms with Crippen LogP contribution in [0.25, 0.3) is 0 Å². The summed E-state index contributed by atoms with van der Waals surface area (Å²) < 4.78 is 11.6. The lowest BCUT2D eigenvalue weighted by molar-refractivity contribution is -0.0920. The summed E-state index contributed by atoms with van der Waals surface area (Å²) in [6, 6.07) is 7.65. The Kier molecular flexibility index (Phi) is 4.55. The van der Waals surface area contributed by atoms with Crippen molar-refractivity contribution in [2.75, 3.05) is 26.2 Å². The monoisotopic (exact) mass is 341 g/mol. The van der Waals surface area contributed by atoms with Crippen molar-refractivity contribution in [2.24, 2.45) is 0 Å². The second-order valence-corrected chi connectivity index (χ2v) is 6.75. The Morgan fingerprint density at radius 2 is 2.08 bits per heavy atom. The van der Waals surface area contributed by atoms with Gasteiger partial charge in [-0.2, -0.15) is 0 Å². The van der Waals surface area contributed by atoms with Crippen molar-refractivity contribution in [3.63, 3.8) is 0 Å². The predicted octanol–water partition coefficient (Wildman–Crippen LogP) is 2.10. The maximum atomic E-state index is 12.9. The van der Waals surface area contributed by atoms with E-state index in [1.165, 1.54) is 0 Å². The topological polar surface area (TPSA) is 58.8 Å². The third-order valence-corrected chi connectivity index (χ3v) is 5.03. The van der Waals surface area contributed by atoms with Crippen LogP contribution in [-0.2, 0) is 11.3 Å². The molecule has 0 aromatic carbocycles. The van der Waals surface area contributed by atoms with Crippen LogP contribution in [0.2, 0.25) is 0 Å². The number of carbonyl (C=O) groups excluding carboxylic acids is 1. The van der Waals surface area contributed by atoms with E-state index in [-0.39, 0.29) is 18.1 Å². The number of fused-ring (bicyclic) bond motifs is 1. The molecule has 0 unspecified atom stereocenters. The summed E-state index contributed by atoms with van der Waals surface area (Å²) in [4.78, 5) is 21.3. The number of piperidine rings is 1. The number of nitrogens with zero attached hydrogens (tertiary/aromatic N) is 3. The fourth-order valence-electron chi connectivity index (χ4n) is 3.78. The Hall–Kier alpha value is -2.18. The first-order valence-electron chi connectivity index (χ1n) is 8.81. The number of furan rings is 1. The van der Waals surface area contributed by atoms with Crippen molar-refractivity contribution >= 4 is 5.91 Å². The minimum Gasteiger partial charge on any atom is -0.465 e. The van der Waals surface area contributed by atoms with Gasteiger partial charge in [0.25, 0.3) is 5.91 Å². The van der Waals surface area contributed by atoms with E-state index >= 15 is 0 Å². The molecule has 0 aliphatic carbocycles. The van der Waals surface area contributed by atoms with Crippen molar-refractivity contribution < 1.29 is 13.9 Å². The first-order valence-corrected chi connectivity index (χ1v) is 8.81. The lowest BCUT2D eigenvalue weighted by atomic mass is 9.97. The van der Waals surface area contributed by atoms with Gasteiger partial charge in [-0.1, -0.05) is 0 Å². The lowest BCUT2D eigenvalue weighted by Gasteiger charge is -2.47. The number of likely N-dealkylation sites (tertiary alicyclic amines) is 1. The number of hydrogen-bond acceptors (Lipinski definition) is 5. The Morgan fingerprint density at radius 1 is 1.24 bits per heavy atom. The van der Waals surface area contributed by atoms with Gasteiger partial charge < -0.3 is 14.1 Å². The van der Waals surface area contributed by atoms with Gasteiger partial charge in [-0.05, 0) is 37.6 Å². The molecule has 0 bridgehead atoms. The molecule has 0 N–H and O–H groups in total. The highest BCUT2D eigenvalue weighted by molar-refractivity contribution is 5.94. The number of pyridine rings is 1. The molecule has 6 heteroatoms. The summed E-state index contributed by atoms with van der Waals surface area (Å²) in [5.74, 6) is 1.97. The molecule has 6 nitrogen and oxygen atoms in total. The van der Waals surface area contributed by atoms with Gasteiger partial charge in [0.15, 0.2) is 0 Å².